The van der Waals surface area contributed by atoms with E-state index in [2.05, 4.69) is 25.6 Å². The van der Waals surface area contributed by atoms with Gasteiger partial charge in [-0.1, -0.05) is 6.07 Å². The Morgan fingerprint density at radius 1 is 1.04 bits per heavy atom. The van der Waals surface area contributed by atoms with Gasteiger partial charge in [-0.15, -0.1) is 0 Å². The third kappa shape index (κ3) is 7.64. The molecule has 0 atom stereocenters. The van der Waals surface area contributed by atoms with Crippen LogP contribution in [0.1, 0.15) is 62.1 Å². The van der Waals surface area contributed by atoms with E-state index in [-0.39, 0.29) is 60.5 Å². The number of alkyl halides is 3. The molecule has 3 aromatic heterocycles. The molecule has 1 aliphatic carbocycles. The van der Waals surface area contributed by atoms with E-state index in [9.17, 15) is 27.9 Å². The average molecular weight is 679 g/mol. The molecule has 0 unspecified atom stereocenters. The molecule has 16 heteroatoms. The Bertz CT molecular complexity index is 1770. The predicted octanol–water partition coefficient (Wildman–Crippen LogP) is 7.37. The van der Waals surface area contributed by atoms with Crippen LogP contribution in [0.2, 0.25) is 0 Å². The van der Waals surface area contributed by atoms with Crippen LogP contribution >= 0.6 is 7.60 Å². The van der Waals surface area contributed by atoms with Gasteiger partial charge >= 0.3 is 13.8 Å². The summed E-state index contributed by atoms with van der Waals surface area (Å²) >= 11 is 0. The van der Waals surface area contributed by atoms with Gasteiger partial charge in [0.15, 0.2) is 11.6 Å². The fourth-order valence-corrected chi connectivity index (χ4v) is 7.50. The van der Waals surface area contributed by atoms with Gasteiger partial charge in [0, 0.05) is 31.0 Å². The van der Waals surface area contributed by atoms with Crippen molar-refractivity contribution in [3.8, 4) is 11.6 Å². The molecule has 254 valence electrons. The minimum absolute atomic E-state index is 0.0640. The predicted molar refractivity (Wildman–Crippen MR) is 171 cm³/mol. The molecule has 47 heavy (non-hydrogen) atoms. The van der Waals surface area contributed by atoms with E-state index in [1.54, 1.807) is 39.2 Å². The van der Waals surface area contributed by atoms with Gasteiger partial charge in [-0.25, -0.2) is 9.97 Å². The third-order valence-corrected chi connectivity index (χ3v) is 10.1. The van der Waals surface area contributed by atoms with Gasteiger partial charge in [0.25, 0.3) is 0 Å². The number of pyridine rings is 1. The minimum Gasteiger partial charge on any atom is -0.494 e. The first-order chi connectivity index (χ1) is 22.4. The number of fused-ring (bicyclic) bond motifs is 1. The smallest absolute Gasteiger partial charge is 0.421 e. The van der Waals surface area contributed by atoms with Crippen molar-refractivity contribution in [1.82, 2.24) is 19.5 Å². The summed E-state index contributed by atoms with van der Waals surface area (Å²) in [6.07, 6.45) is 1.44. The molecule has 1 fully saturated rings. The van der Waals surface area contributed by atoms with Gasteiger partial charge in [0.05, 0.1) is 43.7 Å². The molecule has 1 aromatic carbocycles. The van der Waals surface area contributed by atoms with Crippen molar-refractivity contribution in [2.75, 3.05) is 31.0 Å². The zero-order valence-corrected chi connectivity index (χ0v) is 27.4. The summed E-state index contributed by atoms with van der Waals surface area (Å²) in [5, 5.41) is 27.6. The maximum Gasteiger partial charge on any atom is 0.421 e. The van der Waals surface area contributed by atoms with Crippen LogP contribution in [0.3, 0.4) is 0 Å². The highest BCUT2D eigenvalue weighted by Gasteiger charge is 2.36. The first-order valence-electron chi connectivity index (χ1n) is 15.2. The van der Waals surface area contributed by atoms with Crippen molar-refractivity contribution in [2.45, 2.75) is 63.9 Å². The van der Waals surface area contributed by atoms with E-state index < -0.39 is 25.2 Å². The molecule has 1 aliphatic rings. The minimum atomic E-state index is -4.80. The number of ether oxygens (including phenoxy) is 1. The lowest BCUT2D eigenvalue weighted by atomic mass is 9.81. The van der Waals surface area contributed by atoms with Gasteiger partial charge in [-0.2, -0.15) is 18.2 Å². The Hall–Kier alpha value is -3.91. The zero-order valence-electron chi connectivity index (χ0n) is 26.5. The molecular formula is C31H38F3N6O6P. The van der Waals surface area contributed by atoms with Crippen LogP contribution in [0.15, 0.2) is 36.8 Å². The summed E-state index contributed by atoms with van der Waals surface area (Å²) in [5.41, 5.74) is 0.554. The van der Waals surface area contributed by atoms with Gasteiger partial charge in [0.1, 0.15) is 11.4 Å². The highest BCUT2D eigenvalue weighted by atomic mass is 31.2. The maximum absolute atomic E-state index is 14.2. The number of nitrogens with zero attached hydrogens (tertiary/aromatic N) is 4. The fraction of sp³-hybridized carbons (Fsp3) is 0.452. The normalized spacial score (nSPS) is 17.2. The van der Waals surface area contributed by atoms with Gasteiger partial charge in [0.2, 0.25) is 11.8 Å². The van der Waals surface area contributed by atoms with E-state index in [1.807, 2.05) is 6.07 Å². The standard InChI is InChI=1S/C31H38F3N6O6P/c1-5-45-47(43,46-6-2)17-18-13-25(44-4)28(35-14-18)39-30-36-15-23(31(32,33)34)27(38-30)37-24-12-11-21(19-7-9-20(41)10-8-19)22-16-40(3)29(42)26(22)24/h11-16,19-20,41-42H,5-10,17H2,1-4H3,(H2,35,36,37,38,39). The van der Waals surface area contributed by atoms with E-state index in [0.29, 0.717) is 35.4 Å². The topological polar surface area (TPSA) is 153 Å². The average Bonchev–Trinajstić information content (AvgIpc) is 3.32. The number of hydrogen-bond acceptors (Lipinski definition) is 11. The molecular weight excluding hydrogens is 640 g/mol. The molecule has 3 heterocycles. The molecule has 0 spiro atoms. The SMILES string of the molecule is CCOP(=O)(Cc1cnc(Nc2ncc(C(F)(F)F)c(Nc3ccc(C4CCC(O)CC4)c4cn(C)c(O)c34)n2)c(OC)c1)OCC. The first-order valence-corrected chi connectivity index (χ1v) is 17.0. The number of benzene rings is 1. The summed E-state index contributed by atoms with van der Waals surface area (Å²) in [6, 6.07) is 5.03. The van der Waals surface area contributed by atoms with Crippen LogP contribution in [0.25, 0.3) is 10.8 Å². The van der Waals surface area contributed by atoms with Crippen LogP contribution in [0.5, 0.6) is 11.6 Å². The fourth-order valence-electron chi connectivity index (χ4n) is 5.84. The molecule has 0 radical (unpaired) electrons. The van der Waals surface area contributed by atoms with Crippen LogP contribution in [-0.2, 0) is 33.0 Å². The lowest BCUT2D eigenvalue weighted by Crippen LogP contribution is -2.17. The Labute approximate surface area is 269 Å². The highest BCUT2D eigenvalue weighted by Crippen LogP contribution is 2.51. The molecule has 0 bridgehead atoms. The molecule has 4 aromatic rings. The molecule has 5 rings (SSSR count). The van der Waals surface area contributed by atoms with Gasteiger partial charge < -0.3 is 39.2 Å². The second kappa shape index (κ2) is 14.1. The quantitative estimate of drug-likeness (QED) is 0.111. The molecule has 1 saturated carbocycles. The summed E-state index contributed by atoms with van der Waals surface area (Å²) in [6.45, 7) is 3.78. The number of aliphatic hydroxyl groups excluding tert-OH is 1. The Balaban J connectivity index is 1.48. The zero-order chi connectivity index (χ0) is 33.9. The van der Waals surface area contributed by atoms with Crippen LogP contribution in [0, 0.1) is 0 Å². The first kappa shape index (κ1) is 34.4. The number of aryl methyl sites for hydroxylation is 1. The Morgan fingerprint density at radius 3 is 2.38 bits per heavy atom. The summed E-state index contributed by atoms with van der Waals surface area (Å²) in [5.74, 6) is -0.432. The van der Waals surface area contributed by atoms with E-state index >= 15 is 0 Å². The largest absolute Gasteiger partial charge is 0.494 e. The maximum atomic E-state index is 14.2. The lowest BCUT2D eigenvalue weighted by Gasteiger charge is -2.26. The number of methoxy groups -OCH3 is 1. The number of anilines is 4. The van der Waals surface area contributed by atoms with Crippen molar-refractivity contribution >= 4 is 41.6 Å². The van der Waals surface area contributed by atoms with Crippen molar-refractivity contribution < 1.29 is 41.7 Å². The number of aromatic hydroxyl groups is 1. The van der Waals surface area contributed by atoms with Crippen molar-refractivity contribution in [3.63, 3.8) is 0 Å². The third-order valence-electron chi connectivity index (χ3n) is 8.03. The van der Waals surface area contributed by atoms with Crippen LogP contribution in [-0.4, -0.2) is 56.2 Å². The number of rotatable bonds is 12. The van der Waals surface area contributed by atoms with E-state index in [1.165, 1.54) is 17.9 Å². The van der Waals surface area contributed by atoms with E-state index in [0.717, 1.165) is 18.4 Å². The highest BCUT2D eigenvalue weighted by molar-refractivity contribution is 7.53. The van der Waals surface area contributed by atoms with Crippen LogP contribution in [0.4, 0.5) is 36.4 Å². The Kier molecular flexibility index (Phi) is 10.3. The molecule has 4 N–H and O–H groups in total. The van der Waals surface area contributed by atoms with Gasteiger partial charge in [-0.3, -0.25) is 4.57 Å². The van der Waals surface area contributed by atoms with Gasteiger partial charge in [-0.05, 0) is 68.7 Å². The monoisotopic (exact) mass is 678 g/mol. The molecule has 12 nitrogen and oxygen atoms in total. The molecule has 0 aliphatic heterocycles. The Morgan fingerprint density at radius 2 is 1.74 bits per heavy atom. The lowest BCUT2D eigenvalue weighted by molar-refractivity contribution is -0.137. The van der Waals surface area contributed by atoms with Crippen molar-refractivity contribution in [1.29, 1.82) is 0 Å². The number of halogens is 3. The van der Waals surface area contributed by atoms with Crippen LogP contribution < -0.4 is 15.4 Å². The van der Waals surface area contributed by atoms with Crippen molar-refractivity contribution in [2.24, 2.45) is 7.05 Å². The summed E-state index contributed by atoms with van der Waals surface area (Å²) in [7, 11) is -0.398. The number of aliphatic hydroxyl groups is 1. The number of aromatic nitrogens is 4. The summed E-state index contributed by atoms with van der Waals surface area (Å²) < 4.78 is 73.1. The molecule has 0 saturated heterocycles. The van der Waals surface area contributed by atoms with E-state index in [4.69, 9.17) is 13.8 Å². The number of nitrogens with one attached hydrogen (secondary N) is 2. The second-order valence-corrected chi connectivity index (χ2v) is 13.3. The summed E-state index contributed by atoms with van der Waals surface area (Å²) in [4.78, 5) is 12.3. The molecule has 0 amide bonds. The van der Waals surface area contributed by atoms with Crippen molar-refractivity contribution in [3.05, 3.63) is 53.5 Å². The number of hydrogen-bond donors (Lipinski definition) is 4. The second-order valence-electron chi connectivity index (χ2n) is 11.3.